The van der Waals surface area contributed by atoms with Crippen molar-refractivity contribution in [1.82, 2.24) is 15.2 Å². The highest BCUT2D eigenvalue weighted by atomic mass is 32.1. The van der Waals surface area contributed by atoms with E-state index in [4.69, 9.17) is 0 Å². The van der Waals surface area contributed by atoms with Gasteiger partial charge < -0.3 is 15.1 Å². The van der Waals surface area contributed by atoms with Gasteiger partial charge in [-0.15, -0.1) is 11.3 Å². The number of anilines is 1. The molecule has 0 spiro atoms. The summed E-state index contributed by atoms with van der Waals surface area (Å²) in [6.45, 7) is 1.90. The van der Waals surface area contributed by atoms with E-state index < -0.39 is 0 Å². The van der Waals surface area contributed by atoms with Gasteiger partial charge in [-0.2, -0.15) is 0 Å². The minimum Gasteiger partial charge on any atom is -0.362 e. The predicted octanol–water partition coefficient (Wildman–Crippen LogP) is 3.21. The van der Waals surface area contributed by atoms with Crippen molar-refractivity contribution in [2.75, 3.05) is 32.1 Å². The fourth-order valence-corrected chi connectivity index (χ4v) is 3.59. The van der Waals surface area contributed by atoms with Crippen LogP contribution >= 0.6 is 11.3 Å². The molecule has 126 valence electrons. The Bertz CT molecular complexity index is 724. The SMILES string of the molecule is CN(C)c1ncccc1CNC(=O)N1CC=C(c2cccs2)CC1. The number of nitrogens with zero attached hydrogens (tertiary/aromatic N) is 3. The van der Waals surface area contributed by atoms with Crippen LogP contribution in [0.4, 0.5) is 10.6 Å². The van der Waals surface area contributed by atoms with Gasteiger partial charge >= 0.3 is 6.03 Å². The Balaban J connectivity index is 1.57. The van der Waals surface area contributed by atoms with E-state index in [9.17, 15) is 4.79 Å². The lowest BCUT2D eigenvalue weighted by atomic mass is 10.1. The van der Waals surface area contributed by atoms with Gasteiger partial charge in [0, 0.05) is 50.4 Å². The van der Waals surface area contributed by atoms with Crippen molar-refractivity contribution < 1.29 is 4.79 Å². The van der Waals surface area contributed by atoms with Gasteiger partial charge in [-0.3, -0.25) is 0 Å². The van der Waals surface area contributed by atoms with Gasteiger partial charge in [0.2, 0.25) is 0 Å². The first kappa shape index (κ1) is 16.5. The van der Waals surface area contributed by atoms with E-state index in [1.54, 1.807) is 17.5 Å². The Hall–Kier alpha value is -2.34. The molecule has 0 radical (unpaired) electrons. The summed E-state index contributed by atoms with van der Waals surface area (Å²) in [4.78, 5) is 21.9. The zero-order valence-electron chi connectivity index (χ0n) is 14.0. The van der Waals surface area contributed by atoms with E-state index in [1.807, 2.05) is 36.0 Å². The largest absolute Gasteiger partial charge is 0.362 e. The quantitative estimate of drug-likeness (QED) is 0.928. The average molecular weight is 342 g/mol. The fraction of sp³-hybridized carbons (Fsp3) is 0.333. The van der Waals surface area contributed by atoms with E-state index >= 15 is 0 Å². The highest BCUT2D eigenvalue weighted by Crippen LogP contribution is 2.26. The van der Waals surface area contributed by atoms with Crippen LogP contribution in [0.25, 0.3) is 5.57 Å². The molecule has 6 heteroatoms. The van der Waals surface area contributed by atoms with Crippen LogP contribution < -0.4 is 10.2 Å². The smallest absolute Gasteiger partial charge is 0.317 e. The summed E-state index contributed by atoms with van der Waals surface area (Å²) in [5, 5.41) is 5.10. The maximum Gasteiger partial charge on any atom is 0.317 e. The van der Waals surface area contributed by atoms with Crippen molar-refractivity contribution in [1.29, 1.82) is 0 Å². The molecule has 5 nitrogen and oxygen atoms in total. The van der Waals surface area contributed by atoms with Gasteiger partial charge in [0.25, 0.3) is 0 Å². The monoisotopic (exact) mass is 342 g/mol. The molecule has 0 saturated heterocycles. The van der Waals surface area contributed by atoms with Crippen molar-refractivity contribution in [2.24, 2.45) is 0 Å². The Morgan fingerprint density at radius 3 is 2.92 bits per heavy atom. The van der Waals surface area contributed by atoms with Crippen molar-refractivity contribution >= 4 is 28.8 Å². The predicted molar refractivity (Wildman–Crippen MR) is 99.3 cm³/mol. The Labute approximate surface area is 146 Å². The standard InChI is InChI=1S/C18H22N4OS/c1-21(2)17-15(5-3-9-19-17)13-20-18(23)22-10-7-14(8-11-22)16-6-4-12-24-16/h3-7,9,12H,8,10-11,13H2,1-2H3,(H,20,23). The first-order chi connectivity index (χ1) is 11.6. The average Bonchev–Trinajstić information content (AvgIpc) is 3.14. The van der Waals surface area contributed by atoms with Crippen LogP contribution in [-0.4, -0.2) is 43.1 Å². The lowest BCUT2D eigenvalue weighted by molar-refractivity contribution is 0.202. The third-order valence-electron chi connectivity index (χ3n) is 4.06. The molecule has 0 atom stereocenters. The third-order valence-corrected chi connectivity index (χ3v) is 5.00. The summed E-state index contributed by atoms with van der Waals surface area (Å²) in [7, 11) is 3.91. The summed E-state index contributed by atoms with van der Waals surface area (Å²) in [6, 6.07) is 8.07. The van der Waals surface area contributed by atoms with E-state index in [1.165, 1.54) is 10.5 Å². The van der Waals surface area contributed by atoms with E-state index in [0.29, 0.717) is 13.1 Å². The number of amides is 2. The second kappa shape index (κ2) is 7.49. The fourth-order valence-electron chi connectivity index (χ4n) is 2.79. The number of hydrogen-bond acceptors (Lipinski definition) is 4. The Kier molecular flexibility index (Phi) is 5.15. The molecule has 0 fully saturated rings. The summed E-state index contributed by atoms with van der Waals surface area (Å²) in [5.74, 6) is 0.885. The maximum absolute atomic E-state index is 12.4. The molecule has 24 heavy (non-hydrogen) atoms. The van der Waals surface area contributed by atoms with E-state index in [-0.39, 0.29) is 6.03 Å². The van der Waals surface area contributed by atoms with Gasteiger partial charge in [0.05, 0.1) is 0 Å². The van der Waals surface area contributed by atoms with Gasteiger partial charge in [-0.05, 0) is 29.5 Å². The van der Waals surface area contributed by atoms with Crippen LogP contribution in [0.2, 0.25) is 0 Å². The lowest BCUT2D eigenvalue weighted by Crippen LogP contribution is -2.41. The molecule has 0 aromatic carbocycles. The highest BCUT2D eigenvalue weighted by molar-refractivity contribution is 7.11. The molecule has 1 N–H and O–H groups in total. The summed E-state index contributed by atoms with van der Waals surface area (Å²) in [6.07, 6.45) is 4.83. The number of hydrogen-bond donors (Lipinski definition) is 1. The number of carbonyl (C=O) groups is 1. The summed E-state index contributed by atoms with van der Waals surface area (Å²) >= 11 is 1.75. The number of thiophene rings is 1. The van der Waals surface area contributed by atoms with Crippen LogP contribution in [-0.2, 0) is 6.54 Å². The minimum absolute atomic E-state index is 0.0231. The molecule has 1 aliphatic rings. The van der Waals surface area contributed by atoms with E-state index in [0.717, 1.165) is 24.3 Å². The molecule has 2 aromatic heterocycles. The number of urea groups is 1. The van der Waals surface area contributed by atoms with Gasteiger partial charge in [0.1, 0.15) is 5.82 Å². The maximum atomic E-state index is 12.4. The van der Waals surface area contributed by atoms with E-state index in [2.05, 4.69) is 33.9 Å². The highest BCUT2D eigenvalue weighted by Gasteiger charge is 2.18. The van der Waals surface area contributed by atoms with Crippen molar-refractivity contribution in [3.63, 3.8) is 0 Å². The molecular weight excluding hydrogens is 320 g/mol. The molecule has 0 bridgehead atoms. The first-order valence-electron chi connectivity index (χ1n) is 8.02. The van der Waals surface area contributed by atoms with Crippen LogP contribution in [0.1, 0.15) is 16.9 Å². The molecule has 3 rings (SSSR count). The molecule has 0 unspecified atom stereocenters. The second-order valence-corrected chi connectivity index (χ2v) is 6.89. The third kappa shape index (κ3) is 3.76. The van der Waals surface area contributed by atoms with Gasteiger partial charge in [-0.25, -0.2) is 9.78 Å². The van der Waals surface area contributed by atoms with Crippen molar-refractivity contribution in [2.45, 2.75) is 13.0 Å². The van der Waals surface area contributed by atoms with Crippen LogP contribution in [0.3, 0.4) is 0 Å². The number of carbonyl (C=O) groups excluding carboxylic acids is 1. The van der Waals surface area contributed by atoms with Gasteiger partial charge in [0.15, 0.2) is 0 Å². The lowest BCUT2D eigenvalue weighted by Gasteiger charge is -2.26. The topological polar surface area (TPSA) is 48.5 Å². The molecule has 3 heterocycles. The Morgan fingerprint density at radius 1 is 1.38 bits per heavy atom. The number of nitrogens with one attached hydrogen (secondary N) is 1. The second-order valence-electron chi connectivity index (χ2n) is 5.94. The number of rotatable bonds is 4. The van der Waals surface area contributed by atoms with Crippen LogP contribution in [0, 0.1) is 0 Å². The van der Waals surface area contributed by atoms with Crippen molar-refractivity contribution in [3.8, 4) is 0 Å². The van der Waals surface area contributed by atoms with Crippen molar-refractivity contribution in [3.05, 3.63) is 52.4 Å². The molecule has 1 aliphatic heterocycles. The Morgan fingerprint density at radius 2 is 2.25 bits per heavy atom. The zero-order chi connectivity index (χ0) is 16.9. The normalized spacial score (nSPS) is 14.2. The summed E-state index contributed by atoms with van der Waals surface area (Å²) < 4.78 is 0. The number of aromatic nitrogens is 1. The zero-order valence-corrected chi connectivity index (χ0v) is 14.8. The van der Waals surface area contributed by atoms with Crippen LogP contribution in [0.5, 0.6) is 0 Å². The summed E-state index contributed by atoms with van der Waals surface area (Å²) in [5.41, 5.74) is 2.36. The molecule has 2 amide bonds. The first-order valence-corrected chi connectivity index (χ1v) is 8.90. The molecule has 0 aliphatic carbocycles. The van der Waals surface area contributed by atoms with Crippen LogP contribution in [0.15, 0.2) is 41.9 Å². The minimum atomic E-state index is -0.0231. The number of pyridine rings is 1. The molecular formula is C18H22N4OS. The van der Waals surface area contributed by atoms with Gasteiger partial charge in [-0.1, -0.05) is 18.2 Å². The molecule has 2 aromatic rings. The molecule has 0 saturated carbocycles.